The van der Waals surface area contributed by atoms with E-state index in [-0.39, 0.29) is 11.7 Å². The van der Waals surface area contributed by atoms with Crippen LogP contribution in [0.1, 0.15) is 10.4 Å². The van der Waals surface area contributed by atoms with Crippen LogP contribution in [-0.4, -0.2) is 20.8 Å². The van der Waals surface area contributed by atoms with Crippen LogP contribution in [-0.2, 0) is 0 Å². The van der Waals surface area contributed by atoms with Gasteiger partial charge in [-0.3, -0.25) is 4.79 Å². The van der Waals surface area contributed by atoms with Gasteiger partial charge in [-0.15, -0.1) is 0 Å². The second-order valence-corrected chi connectivity index (χ2v) is 6.01. The highest BCUT2D eigenvalue weighted by Gasteiger charge is 2.19. The summed E-state index contributed by atoms with van der Waals surface area (Å²) in [6.45, 7) is 0. The van der Waals surface area contributed by atoms with E-state index in [0.717, 1.165) is 11.3 Å². The third-order valence-electron chi connectivity index (χ3n) is 4.18. The molecule has 4 aromatic rings. The van der Waals surface area contributed by atoms with Gasteiger partial charge < -0.3 is 10.4 Å². The Kier molecular flexibility index (Phi) is 4.41. The molecular weight excluding hydrogens is 338 g/mol. The van der Waals surface area contributed by atoms with Gasteiger partial charge in [-0.2, -0.15) is 5.10 Å². The monoisotopic (exact) mass is 355 g/mol. The first-order valence-electron chi connectivity index (χ1n) is 8.52. The fourth-order valence-corrected chi connectivity index (χ4v) is 2.83. The fourth-order valence-electron chi connectivity index (χ4n) is 2.83. The molecule has 1 aromatic heterocycles. The number of hydrogen-bond donors (Lipinski definition) is 2. The Morgan fingerprint density at radius 3 is 2.19 bits per heavy atom. The van der Waals surface area contributed by atoms with Crippen molar-refractivity contribution in [2.75, 3.05) is 5.32 Å². The minimum atomic E-state index is -0.336. The molecule has 0 aliphatic carbocycles. The minimum absolute atomic E-state index is 0.0163. The molecule has 0 aliphatic rings. The van der Waals surface area contributed by atoms with Crippen molar-refractivity contribution in [2.45, 2.75) is 0 Å². The number of benzene rings is 3. The summed E-state index contributed by atoms with van der Waals surface area (Å²) in [5, 5.41) is 17.3. The maximum absolute atomic E-state index is 12.9. The van der Waals surface area contributed by atoms with Crippen LogP contribution in [0.25, 0.3) is 16.9 Å². The van der Waals surface area contributed by atoms with Crippen molar-refractivity contribution >= 4 is 11.6 Å². The van der Waals surface area contributed by atoms with Crippen LogP contribution in [0.5, 0.6) is 5.75 Å². The van der Waals surface area contributed by atoms with E-state index < -0.39 is 0 Å². The number of phenolic OH excluding ortho intramolecular Hbond substituents is 1. The highest BCUT2D eigenvalue weighted by molar-refractivity contribution is 6.08. The average Bonchev–Trinajstić information content (AvgIpc) is 3.17. The molecule has 0 aliphatic heterocycles. The number of aromatic nitrogens is 2. The van der Waals surface area contributed by atoms with E-state index in [2.05, 4.69) is 10.4 Å². The summed E-state index contributed by atoms with van der Waals surface area (Å²) in [4.78, 5) is 12.9. The zero-order valence-electron chi connectivity index (χ0n) is 14.4. The topological polar surface area (TPSA) is 67.2 Å². The quantitative estimate of drug-likeness (QED) is 0.530. The Labute approximate surface area is 156 Å². The SMILES string of the molecule is O=C(Nc1ccccc1O)c1cn(-c2ccccc2)nc1-c1ccccc1. The molecule has 1 amide bonds. The fraction of sp³-hybridized carbons (Fsp3) is 0. The maximum atomic E-state index is 12.9. The molecule has 5 heteroatoms. The molecule has 0 radical (unpaired) electrons. The molecule has 5 nitrogen and oxygen atoms in total. The molecule has 3 aromatic carbocycles. The number of rotatable bonds is 4. The number of nitrogens with zero attached hydrogens (tertiary/aromatic N) is 2. The van der Waals surface area contributed by atoms with Crippen LogP contribution in [0.2, 0.25) is 0 Å². The van der Waals surface area contributed by atoms with Crippen LogP contribution in [0.4, 0.5) is 5.69 Å². The normalized spacial score (nSPS) is 10.5. The second kappa shape index (κ2) is 7.17. The van der Waals surface area contributed by atoms with Crippen LogP contribution in [0.3, 0.4) is 0 Å². The van der Waals surface area contributed by atoms with Crippen LogP contribution in [0, 0.1) is 0 Å². The molecule has 132 valence electrons. The maximum Gasteiger partial charge on any atom is 0.259 e. The average molecular weight is 355 g/mol. The first kappa shape index (κ1) is 16.6. The van der Waals surface area contributed by atoms with Gasteiger partial charge in [0.25, 0.3) is 5.91 Å². The summed E-state index contributed by atoms with van der Waals surface area (Å²) in [7, 11) is 0. The molecule has 0 fully saturated rings. The van der Waals surface area contributed by atoms with Gasteiger partial charge in [0.2, 0.25) is 0 Å². The van der Waals surface area contributed by atoms with Gasteiger partial charge in [-0.05, 0) is 24.3 Å². The molecule has 0 atom stereocenters. The summed E-state index contributed by atoms with van der Waals surface area (Å²) >= 11 is 0. The zero-order valence-corrected chi connectivity index (χ0v) is 14.4. The smallest absolute Gasteiger partial charge is 0.259 e. The van der Waals surface area contributed by atoms with Gasteiger partial charge >= 0.3 is 0 Å². The van der Waals surface area contributed by atoms with Crippen molar-refractivity contribution in [3.63, 3.8) is 0 Å². The van der Waals surface area contributed by atoms with Gasteiger partial charge in [0.1, 0.15) is 11.4 Å². The van der Waals surface area contributed by atoms with E-state index in [0.29, 0.717) is 16.9 Å². The van der Waals surface area contributed by atoms with Crippen LogP contribution >= 0.6 is 0 Å². The number of carbonyl (C=O) groups excluding carboxylic acids is 1. The molecular formula is C22H17N3O2. The molecule has 0 saturated carbocycles. The number of carbonyl (C=O) groups is 1. The van der Waals surface area contributed by atoms with Crippen molar-refractivity contribution < 1.29 is 9.90 Å². The molecule has 4 rings (SSSR count). The summed E-state index contributed by atoms with van der Waals surface area (Å²) in [6, 6.07) is 25.8. The number of para-hydroxylation sites is 3. The first-order valence-corrected chi connectivity index (χ1v) is 8.52. The van der Waals surface area contributed by atoms with E-state index >= 15 is 0 Å². The Morgan fingerprint density at radius 1 is 0.852 bits per heavy atom. The summed E-state index contributed by atoms with van der Waals surface area (Å²) in [5.41, 5.74) is 3.06. The highest BCUT2D eigenvalue weighted by Crippen LogP contribution is 2.27. The zero-order chi connectivity index (χ0) is 18.6. The van der Waals surface area contributed by atoms with Crippen molar-refractivity contribution in [2.24, 2.45) is 0 Å². The lowest BCUT2D eigenvalue weighted by Gasteiger charge is -2.07. The van der Waals surface area contributed by atoms with Gasteiger partial charge in [0.15, 0.2) is 0 Å². The third-order valence-corrected chi connectivity index (χ3v) is 4.18. The Bertz CT molecular complexity index is 1070. The van der Waals surface area contributed by atoms with Gasteiger partial charge in [0, 0.05) is 11.8 Å². The van der Waals surface area contributed by atoms with Gasteiger partial charge in [-0.1, -0.05) is 60.7 Å². The van der Waals surface area contributed by atoms with Crippen LogP contribution in [0.15, 0.2) is 91.1 Å². The highest BCUT2D eigenvalue weighted by atomic mass is 16.3. The van der Waals surface area contributed by atoms with Crippen molar-refractivity contribution in [3.8, 4) is 22.7 Å². The molecule has 0 spiro atoms. The van der Waals surface area contributed by atoms with Gasteiger partial charge in [0.05, 0.1) is 16.9 Å². The predicted octanol–water partition coefficient (Wildman–Crippen LogP) is 4.50. The Morgan fingerprint density at radius 2 is 1.48 bits per heavy atom. The van der Waals surface area contributed by atoms with Gasteiger partial charge in [-0.25, -0.2) is 4.68 Å². The number of amides is 1. The number of phenols is 1. The van der Waals surface area contributed by atoms with Crippen molar-refractivity contribution in [1.29, 1.82) is 0 Å². The lowest BCUT2D eigenvalue weighted by Crippen LogP contribution is -2.12. The molecule has 27 heavy (non-hydrogen) atoms. The van der Waals surface area contributed by atoms with Crippen molar-refractivity contribution in [1.82, 2.24) is 9.78 Å². The van der Waals surface area contributed by atoms with Crippen LogP contribution < -0.4 is 5.32 Å². The second-order valence-electron chi connectivity index (χ2n) is 6.01. The van der Waals surface area contributed by atoms with E-state index in [9.17, 15) is 9.90 Å². The molecule has 1 heterocycles. The number of hydrogen-bond acceptors (Lipinski definition) is 3. The Hall–Kier alpha value is -3.86. The minimum Gasteiger partial charge on any atom is -0.506 e. The summed E-state index contributed by atoms with van der Waals surface area (Å²) < 4.78 is 1.68. The predicted molar refractivity (Wildman–Crippen MR) is 105 cm³/mol. The number of anilines is 1. The standard InChI is InChI=1S/C22H17N3O2/c26-20-14-8-7-13-19(20)23-22(27)18-15-25(17-11-5-2-6-12-17)24-21(18)16-9-3-1-4-10-16/h1-15,26H,(H,23,27). The third kappa shape index (κ3) is 3.43. The Balaban J connectivity index is 1.77. The lowest BCUT2D eigenvalue weighted by atomic mass is 10.1. The van der Waals surface area contributed by atoms with E-state index in [1.807, 2.05) is 60.7 Å². The largest absolute Gasteiger partial charge is 0.506 e. The molecule has 0 bridgehead atoms. The molecule has 2 N–H and O–H groups in total. The van der Waals surface area contributed by atoms with E-state index in [1.54, 1.807) is 29.1 Å². The summed E-state index contributed by atoms with van der Waals surface area (Å²) in [5.74, 6) is -0.319. The van der Waals surface area contributed by atoms with E-state index in [1.165, 1.54) is 6.07 Å². The number of aromatic hydroxyl groups is 1. The molecule has 0 unspecified atom stereocenters. The van der Waals surface area contributed by atoms with Crippen molar-refractivity contribution in [3.05, 3.63) is 96.7 Å². The molecule has 0 saturated heterocycles. The van der Waals surface area contributed by atoms with E-state index in [4.69, 9.17) is 0 Å². The lowest BCUT2D eigenvalue weighted by molar-refractivity contribution is 0.102. The number of nitrogens with one attached hydrogen (secondary N) is 1. The first-order chi connectivity index (χ1) is 13.2. The summed E-state index contributed by atoms with van der Waals surface area (Å²) in [6.07, 6.45) is 1.70.